The van der Waals surface area contributed by atoms with E-state index in [0.717, 1.165) is 11.3 Å². The molecule has 1 aliphatic rings. The van der Waals surface area contributed by atoms with Crippen molar-refractivity contribution >= 4 is 11.6 Å². The summed E-state index contributed by atoms with van der Waals surface area (Å²) in [6.07, 6.45) is -0.408. The third-order valence-corrected chi connectivity index (χ3v) is 3.69. The molecular formula is C18H19ClO4. The molecule has 2 aromatic carbocycles. The van der Waals surface area contributed by atoms with Crippen LogP contribution in [0.25, 0.3) is 0 Å². The van der Waals surface area contributed by atoms with Crippen LogP contribution >= 0.6 is 11.6 Å². The number of ether oxygens (including phenoxy) is 4. The summed E-state index contributed by atoms with van der Waals surface area (Å²) < 4.78 is 22.6. The van der Waals surface area contributed by atoms with Gasteiger partial charge in [0.05, 0.1) is 19.8 Å². The highest BCUT2D eigenvalue weighted by molar-refractivity contribution is 6.30. The Kier molecular flexibility index (Phi) is 5.88. The minimum absolute atomic E-state index is 0.0626. The molecule has 1 aliphatic heterocycles. The van der Waals surface area contributed by atoms with Gasteiger partial charge >= 0.3 is 0 Å². The zero-order chi connectivity index (χ0) is 15.9. The first-order valence-corrected chi connectivity index (χ1v) is 7.97. The van der Waals surface area contributed by atoms with Crippen LogP contribution in [0.1, 0.15) is 11.9 Å². The Hall–Kier alpha value is -1.59. The highest BCUT2D eigenvalue weighted by Crippen LogP contribution is 2.27. The summed E-state index contributed by atoms with van der Waals surface area (Å²) in [6.45, 7) is 2.04. The lowest BCUT2D eigenvalue weighted by molar-refractivity contribution is -0.0748. The molecule has 1 heterocycles. The van der Waals surface area contributed by atoms with E-state index >= 15 is 0 Å². The van der Waals surface area contributed by atoms with E-state index in [9.17, 15) is 0 Å². The van der Waals surface area contributed by atoms with Crippen LogP contribution in [-0.4, -0.2) is 32.5 Å². The quantitative estimate of drug-likeness (QED) is 0.721. The van der Waals surface area contributed by atoms with Crippen molar-refractivity contribution in [3.05, 3.63) is 65.2 Å². The first kappa shape index (κ1) is 16.3. The molecular weight excluding hydrogens is 316 g/mol. The minimum Gasteiger partial charge on any atom is -0.491 e. The molecule has 0 amide bonds. The number of hydrogen-bond acceptors (Lipinski definition) is 4. The predicted octanol–water partition coefficient (Wildman–Crippen LogP) is 3.85. The molecule has 0 saturated carbocycles. The fraction of sp³-hybridized carbons (Fsp3) is 0.333. The van der Waals surface area contributed by atoms with Crippen molar-refractivity contribution in [1.82, 2.24) is 0 Å². The molecule has 0 radical (unpaired) electrons. The van der Waals surface area contributed by atoms with Gasteiger partial charge in [0.25, 0.3) is 0 Å². The van der Waals surface area contributed by atoms with Gasteiger partial charge in [0.1, 0.15) is 18.5 Å². The molecule has 0 N–H and O–H groups in total. The van der Waals surface area contributed by atoms with E-state index in [4.69, 9.17) is 30.5 Å². The molecule has 1 fully saturated rings. The highest BCUT2D eigenvalue weighted by atomic mass is 35.5. The van der Waals surface area contributed by atoms with E-state index in [1.807, 2.05) is 54.6 Å². The van der Waals surface area contributed by atoms with Crippen LogP contribution in [0.2, 0.25) is 5.02 Å². The van der Waals surface area contributed by atoms with Gasteiger partial charge in [0.2, 0.25) is 0 Å². The number of rotatable bonds is 7. The van der Waals surface area contributed by atoms with Gasteiger partial charge in [-0.1, -0.05) is 41.9 Å². The first-order chi connectivity index (χ1) is 11.3. The zero-order valence-corrected chi connectivity index (χ0v) is 13.4. The average Bonchev–Trinajstić information content (AvgIpc) is 3.05. The van der Waals surface area contributed by atoms with Crippen LogP contribution in [-0.2, 0) is 14.2 Å². The van der Waals surface area contributed by atoms with Gasteiger partial charge in [-0.2, -0.15) is 0 Å². The Morgan fingerprint density at radius 3 is 2.57 bits per heavy atom. The molecule has 0 aliphatic carbocycles. The number of halogens is 1. The summed E-state index contributed by atoms with van der Waals surface area (Å²) in [7, 11) is 0. The molecule has 2 aromatic rings. The van der Waals surface area contributed by atoms with Gasteiger partial charge in [0, 0.05) is 10.6 Å². The van der Waals surface area contributed by atoms with E-state index in [0.29, 0.717) is 31.5 Å². The summed E-state index contributed by atoms with van der Waals surface area (Å²) in [5, 5.41) is 0.699. The third-order valence-electron chi connectivity index (χ3n) is 3.44. The van der Waals surface area contributed by atoms with Gasteiger partial charge in [-0.05, 0) is 24.3 Å². The van der Waals surface area contributed by atoms with Gasteiger partial charge < -0.3 is 18.9 Å². The Morgan fingerprint density at radius 1 is 1.00 bits per heavy atom. The van der Waals surface area contributed by atoms with Gasteiger partial charge in [-0.15, -0.1) is 0 Å². The van der Waals surface area contributed by atoms with Crippen LogP contribution in [0.4, 0.5) is 0 Å². The molecule has 3 rings (SSSR count). The second-order valence-electron chi connectivity index (χ2n) is 5.21. The third kappa shape index (κ3) is 4.94. The van der Waals surface area contributed by atoms with Crippen molar-refractivity contribution in [3.63, 3.8) is 0 Å². The smallest absolute Gasteiger partial charge is 0.184 e. The van der Waals surface area contributed by atoms with Crippen LogP contribution in [0.15, 0.2) is 54.6 Å². The summed E-state index contributed by atoms with van der Waals surface area (Å²) >= 11 is 5.88. The zero-order valence-electron chi connectivity index (χ0n) is 12.7. The van der Waals surface area contributed by atoms with Crippen LogP contribution in [0.3, 0.4) is 0 Å². The molecule has 0 unspecified atom stereocenters. The topological polar surface area (TPSA) is 36.9 Å². The molecule has 1 saturated heterocycles. The van der Waals surface area contributed by atoms with E-state index in [-0.39, 0.29) is 12.4 Å². The summed E-state index contributed by atoms with van der Waals surface area (Å²) in [6, 6.07) is 17.2. The van der Waals surface area contributed by atoms with E-state index in [1.165, 1.54) is 0 Å². The second kappa shape index (κ2) is 8.31. The highest BCUT2D eigenvalue weighted by Gasteiger charge is 2.27. The van der Waals surface area contributed by atoms with Crippen LogP contribution in [0.5, 0.6) is 5.75 Å². The monoisotopic (exact) mass is 334 g/mol. The SMILES string of the molecule is Clc1ccc([C@H]2OC[C@@H](COCCOc3ccccc3)O2)cc1. The van der Waals surface area contributed by atoms with E-state index in [1.54, 1.807) is 0 Å². The maximum Gasteiger partial charge on any atom is 0.184 e. The second-order valence-corrected chi connectivity index (χ2v) is 5.65. The lowest BCUT2D eigenvalue weighted by Crippen LogP contribution is -2.20. The summed E-state index contributed by atoms with van der Waals surface area (Å²) in [5.41, 5.74) is 0.962. The van der Waals surface area contributed by atoms with Crippen molar-refractivity contribution in [3.8, 4) is 5.75 Å². The molecule has 0 spiro atoms. The predicted molar refractivity (Wildman–Crippen MR) is 87.8 cm³/mol. The maximum atomic E-state index is 5.88. The number of hydrogen-bond donors (Lipinski definition) is 0. The van der Waals surface area contributed by atoms with Crippen molar-refractivity contribution in [2.24, 2.45) is 0 Å². The van der Waals surface area contributed by atoms with Crippen LogP contribution in [0, 0.1) is 0 Å². The standard InChI is InChI=1S/C18H19ClO4/c19-15-8-6-14(7-9-15)18-22-13-17(23-18)12-20-10-11-21-16-4-2-1-3-5-16/h1-9,17-18H,10-13H2/t17-,18+/m1/s1. The molecule has 23 heavy (non-hydrogen) atoms. The Labute approximate surface area is 140 Å². The Morgan fingerprint density at radius 2 is 1.78 bits per heavy atom. The number of benzene rings is 2. The Bertz CT molecular complexity index is 588. The van der Waals surface area contributed by atoms with E-state index in [2.05, 4.69) is 0 Å². The average molecular weight is 335 g/mol. The minimum atomic E-state index is -0.346. The Balaban J connectivity index is 1.33. The normalized spacial score (nSPS) is 20.6. The lowest BCUT2D eigenvalue weighted by atomic mass is 10.2. The van der Waals surface area contributed by atoms with Gasteiger partial charge in [0.15, 0.2) is 6.29 Å². The maximum absolute atomic E-state index is 5.88. The fourth-order valence-electron chi connectivity index (χ4n) is 2.28. The first-order valence-electron chi connectivity index (χ1n) is 7.59. The largest absolute Gasteiger partial charge is 0.491 e. The van der Waals surface area contributed by atoms with Crippen molar-refractivity contribution in [2.75, 3.05) is 26.4 Å². The van der Waals surface area contributed by atoms with E-state index < -0.39 is 0 Å². The molecule has 0 bridgehead atoms. The van der Waals surface area contributed by atoms with Crippen molar-refractivity contribution in [2.45, 2.75) is 12.4 Å². The molecule has 5 heteroatoms. The van der Waals surface area contributed by atoms with Crippen molar-refractivity contribution in [1.29, 1.82) is 0 Å². The number of para-hydroxylation sites is 1. The van der Waals surface area contributed by atoms with Gasteiger partial charge in [-0.3, -0.25) is 0 Å². The van der Waals surface area contributed by atoms with Crippen molar-refractivity contribution < 1.29 is 18.9 Å². The van der Waals surface area contributed by atoms with Gasteiger partial charge in [-0.25, -0.2) is 0 Å². The molecule has 122 valence electrons. The molecule has 2 atom stereocenters. The molecule has 0 aromatic heterocycles. The molecule has 4 nitrogen and oxygen atoms in total. The van der Waals surface area contributed by atoms with Crippen LogP contribution < -0.4 is 4.74 Å². The lowest BCUT2D eigenvalue weighted by Gasteiger charge is -2.12. The summed E-state index contributed by atoms with van der Waals surface area (Å²) in [4.78, 5) is 0. The fourth-order valence-corrected chi connectivity index (χ4v) is 2.41. The summed E-state index contributed by atoms with van der Waals surface area (Å²) in [5.74, 6) is 0.847.